The van der Waals surface area contributed by atoms with Crippen LogP contribution in [0.15, 0.2) is 121 Å². The molecule has 0 unspecified atom stereocenters. The van der Waals surface area contributed by atoms with E-state index in [4.69, 9.17) is 34.6 Å². The van der Waals surface area contributed by atoms with Crippen LogP contribution in [-0.4, -0.2) is 83.9 Å². The van der Waals surface area contributed by atoms with Gasteiger partial charge in [0.05, 0.1) is 19.8 Å². The average Bonchev–Trinajstić information content (AvgIpc) is 3.30. The highest BCUT2D eigenvalue weighted by Gasteiger charge is 2.06. The predicted octanol–water partition coefficient (Wildman–Crippen LogP) is 9.07. The zero-order valence-electron chi connectivity index (χ0n) is 37.2. The molecule has 0 amide bonds. The molecule has 0 aromatic heterocycles. The number of carbonyl (C=O) groups excluding carboxylic acids is 3. The van der Waals surface area contributed by atoms with Crippen LogP contribution in [0, 0.1) is 0 Å². The molecule has 0 saturated carbocycles. The van der Waals surface area contributed by atoms with Crippen molar-refractivity contribution in [3.05, 3.63) is 144 Å². The number of carboxylic acids is 1. The van der Waals surface area contributed by atoms with Crippen LogP contribution in [0.1, 0.15) is 112 Å². The number of benzene rings is 4. The Labute approximate surface area is 375 Å². The lowest BCUT2D eigenvalue weighted by molar-refractivity contribution is -0.146. The topological polar surface area (TPSA) is 177 Å². The van der Waals surface area contributed by atoms with Crippen LogP contribution in [0.4, 0.5) is 0 Å². The first-order valence-electron chi connectivity index (χ1n) is 22.4. The molecule has 0 fully saturated rings. The van der Waals surface area contributed by atoms with Crippen LogP contribution in [-0.2, 0) is 59.1 Å². The van der Waals surface area contributed by atoms with E-state index in [1.54, 1.807) is 0 Å². The summed E-state index contributed by atoms with van der Waals surface area (Å²) in [7, 11) is 0. The molecule has 0 aliphatic rings. The Hall–Kier alpha value is -5.36. The number of esters is 3. The molecule has 0 bridgehead atoms. The fraction of sp³-hybridized carbons (Fsp3) is 0.462. The molecule has 0 aliphatic carbocycles. The molecule has 0 aliphatic heterocycles. The summed E-state index contributed by atoms with van der Waals surface area (Å²) < 4.78 is 15.5. The first kappa shape index (κ1) is 55.7. The summed E-state index contributed by atoms with van der Waals surface area (Å²) in [6.45, 7) is 1.74. The van der Waals surface area contributed by atoms with Crippen LogP contribution in [0.3, 0.4) is 0 Å². The Morgan fingerprint density at radius 1 is 0.333 bits per heavy atom. The second-order valence-corrected chi connectivity index (χ2v) is 14.7. The second-order valence-electron chi connectivity index (χ2n) is 14.7. The minimum Gasteiger partial charge on any atom is -0.481 e. The minimum atomic E-state index is -0.717. The van der Waals surface area contributed by atoms with Crippen molar-refractivity contribution >= 4 is 23.9 Å². The second kappa shape index (κ2) is 40.7. The molecular formula is C52H72O11. The highest BCUT2D eigenvalue weighted by atomic mass is 16.5. The van der Waals surface area contributed by atoms with E-state index in [1.165, 1.54) is 22.3 Å². The van der Waals surface area contributed by atoms with E-state index in [2.05, 4.69) is 36.4 Å². The number of hydrogen-bond acceptors (Lipinski definition) is 10. The largest absolute Gasteiger partial charge is 0.481 e. The highest BCUT2D eigenvalue weighted by molar-refractivity contribution is 5.70. The quantitative estimate of drug-likeness (QED) is 0.0243. The molecule has 11 heteroatoms. The average molecular weight is 873 g/mol. The number of carbonyl (C=O) groups is 4. The number of carboxylic acid groups (broad SMARTS) is 1. The summed E-state index contributed by atoms with van der Waals surface area (Å²) >= 11 is 0. The Morgan fingerprint density at radius 3 is 0.825 bits per heavy atom. The van der Waals surface area contributed by atoms with Crippen molar-refractivity contribution in [1.29, 1.82) is 0 Å². The van der Waals surface area contributed by atoms with Crippen LogP contribution < -0.4 is 0 Å². The number of ether oxygens (including phenoxy) is 3. The van der Waals surface area contributed by atoms with Gasteiger partial charge in [0, 0.05) is 45.5 Å². The lowest BCUT2D eigenvalue weighted by Gasteiger charge is -2.06. The van der Waals surface area contributed by atoms with Crippen LogP contribution in [0.2, 0.25) is 0 Å². The van der Waals surface area contributed by atoms with E-state index in [9.17, 15) is 19.2 Å². The van der Waals surface area contributed by atoms with Gasteiger partial charge >= 0.3 is 23.9 Å². The molecule has 4 aromatic carbocycles. The van der Waals surface area contributed by atoms with Gasteiger partial charge in [-0.15, -0.1) is 0 Å². The number of aliphatic hydroxyl groups is 3. The zero-order chi connectivity index (χ0) is 45.9. The molecular weight excluding hydrogens is 801 g/mol. The summed E-state index contributed by atoms with van der Waals surface area (Å²) in [5.41, 5.74) is 4.93. The van der Waals surface area contributed by atoms with Gasteiger partial charge in [0.25, 0.3) is 0 Å². The lowest BCUT2D eigenvalue weighted by Crippen LogP contribution is -2.09. The SMILES string of the molecule is O=C(CCCc1ccccc1)OCCCCO.O=C(CCCc1ccccc1)OCCCCOC(=O)CCCc1ccccc1.O=C(O)CCCc1ccccc1.OCCCCO. The molecule has 346 valence electrons. The van der Waals surface area contributed by atoms with E-state index in [0.717, 1.165) is 70.6 Å². The van der Waals surface area contributed by atoms with E-state index < -0.39 is 5.97 Å². The van der Waals surface area contributed by atoms with E-state index in [-0.39, 0.29) is 44.1 Å². The van der Waals surface area contributed by atoms with Crippen LogP contribution >= 0.6 is 0 Å². The molecule has 0 spiro atoms. The van der Waals surface area contributed by atoms with Crippen molar-refractivity contribution in [3.63, 3.8) is 0 Å². The van der Waals surface area contributed by atoms with Gasteiger partial charge in [0.2, 0.25) is 0 Å². The van der Waals surface area contributed by atoms with Crippen molar-refractivity contribution in [2.45, 2.75) is 116 Å². The predicted molar refractivity (Wildman–Crippen MR) is 247 cm³/mol. The van der Waals surface area contributed by atoms with E-state index >= 15 is 0 Å². The molecule has 11 nitrogen and oxygen atoms in total. The molecule has 63 heavy (non-hydrogen) atoms. The monoisotopic (exact) mass is 873 g/mol. The Morgan fingerprint density at radius 2 is 0.571 bits per heavy atom. The molecule has 0 saturated heterocycles. The first-order valence-corrected chi connectivity index (χ1v) is 22.4. The number of aliphatic carboxylic acids is 1. The summed E-state index contributed by atoms with van der Waals surface area (Å²) in [5.74, 6) is -1.17. The maximum Gasteiger partial charge on any atom is 0.305 e. The maximum atomic E-state index is 11.7. The van der Waals surface area contributed by atoms with Crippen LogP contribution in [0.25, 0.3) is 0 Å². The van der Waals surface area contributed by atoms with Gasteiger partial charge in [-0.25, -0.2) is 0 Å². The van der Waals surface area contributed by atoms with Gasteiger partial charge in [-0.1, -0.05) is 121 Å². The molecule has 4 N–H and O–H groups in total. The number of aryl methyl sites for hydroxylation is 4. The van der Waals surface area contributed by atoms with Gasteiger partial charge in [-0.2, -0.15) is 0 Å². The lowest BCUT2D eigenvalue weighted by atomic mass is 10.1. The number of hydrogen-bond donors (Lipinski definition) is 4. The third kappa shape index (κ3) is 35.9. The van der Waals surface area contributed by atoms with Crippen molar-refractivity contribution < 1.29 is 53.8 Å². The van der Waals surface area contributed by atoms with Gasteiger partial charge in [-0.3, -0.25) is 19.2 Å². The van der Waals surface area contributed by atoms with E-state index in [0.29, 0.717) is 58.3 Å². The minimum absolute atomic E-state index is 0.140. The van der Waals surface area contributed by atoms with Crippen molar-refractivity contribution in [1.82, 2.24) is 0 Å². The third-order valence-electron chi connectivity index (χ3n) is 9.21. The van der Waals surface area contributed by atoms with Crippen molar-refractivity contribution in [2.24, 2.45) is 0 Å². The molecule has 4 aromatic rings. The standard InChI is InChI=1S/C24H30O4.C14H20O3.C10H12O2.C4H10O2/c25-23(17-9-15-21-11-3-1-4-12-21)27-19-7-8-20-28-24(26)18-10-16-22-13-5-2-6-14-22;15-11-4-5-12-17-14(16)10-6-9-13-7-2-1-3-8-13;11-10(12)8-4-7-9-5-2-1-3-6-9;5-3-1-2-4-6/h1-6,11-14H,7-10,15-20H2;1-3,7-8,15H,4-6,9-12H2;1-3,5-6H,4,7-8H2,(H,11,12);5-6H,1-4H2. The number of aliphatic hydroxyl groups excluding tert-OH is 3. The number of unbranched alkanes of at least 4 members (excludes halogenated alkanes) is 3. The van der Waals surface area contributed by atoms with Gasteiger partial charge in [0.1, 0.15) is 0 Å². The third-order valence-corrected chi connectivity index (χ3v) is 9.21. The van der Waals surface area contributed by atoms with Crippen molar-refractivity contribution in [3.8, 4) is 0 Å². The summed E-state index contributed by atoms with van der Waals surface area (Å²) in [5, 5.41) is 33.1. The van der Waals surface area contributed by atoms with Crippen LogP contribution in [0.5, 0.6) is 0 Å². The first-order chi connectivity index (χ1) is 30.8. The van der Waals surface area contributed by atoms with Gasteiger partial charge in [0.15, 0.2) is 0 Å². The molecule has 4 rings (SSSR count). The Kier molecular flexibility index (Phi) is 36.0. The fourth-order valence-electron chi connectivity index (χ4n) is 5.75. The summed E-state index contributed by atoms with van der Waals surface area (Å²) in [6, 6.07) is 40.3. The highest BCUT2D eigenvalue weighted by Crippen LogP contribution is 2.09. The normalized spacial score (nSPS) is 10.1. The zero-order valence-corrected chi connectivity index (χ0v) is 37.2. The summed E-state index contributed by atoms with van der Waals surface area (Å²) in [6.07, 6.45) is 12.6. The summed E-state index contributed by atoms with van der Waals surface area (Å²) in [4.78, 5) is 44.9. The molecule has 0 heterocycles. The Balaban J connectivity index is 0.000000479. The fourth-order valence-corrected chi connectivity index (χ4v) is 5.75. The van der Waals surface area contributed by atoms with Gasteiger partial charge in [-0.05, 0) is 112 Å². The molecule has 0 atom stereocenters. The smallest absolute Gasteiger partial charge is 0.305 e. The molecule has 0 radical (unpaired) electrons. The maximum absolute atomic E-state index is 11.7. The van der Waals surface area contributed by atoms with Crippen molar-refractivity contribution in [2.75, 3.05) is 39.6 Å². The number of rotatable bonds is 28. The van der Waals surface area contributed by atoms with E-state index in [1.807, 2.05) is 84.9 Å². The Bertz CT molecular complexity index is 1600. The van der Waals surface area contributed by atoms with Gasteiger partial charge < -0.3 is 34.6 Å².